The van der Waals surface area contributed by atoms with Gasteiger partial charge in [0.1, 0.15) is 11.6 Å². The molecule has 4 nitrogen and oxygen atoms in total. The first-order chi connectivity index (χ1) is 9.58. The third kappa shape index (κ3) is 3.53. The van der Waals surface area contributed by atoms with Crippen LogP contribution < -0.4 is 5.32 Å². The molecule has 0 aromatic heterocycles. The van der Waals surface area contributed by atoms with E-state index < -0.39 is 17.5 Å². The average molecular weight is 282 g/mol. The summed E-state index contributed by atoms with van der Waals surface area (Å²) in [7, 11) is 0. The van der Waals surface area contributed by atoms with E-state index in [9.17, 15) is 18.4 Å². The summed E-state index contributed by atoms with van der Waals surface area (Å²) in [5, 5.41) is 2.43. The molecule has 20 heavy (non-hydrogen) atoms. The molecular formula is C14H16F2N2O2. The summed E-state index contributed by atoms with van der Waals surface area (Å²) in [5.41, 5.74) is -0.348. The monoisotopic (exact) mass is 282 g/mol. The van der Waals surface area contributed by atoms with Gasteiger partial charge in [-0.25, -0.2) is 8.78 Å². The lowest BCUT2D eigenvalue weighted by Gasteiger charge is -2.15. The predicted octanol–water partition coefficient (Wildman–Crippen LogP) is 1.71. The molecule has 0 bridgehead atoms. The standard InChI is InChI=1S/C14H16F2N2O2/c15-10-3-4-12(16)11(9-10)14(20)17-6-5-13(19)18-7-1-2-8-18/h3-4,9H,1-2,5-8H2,(H,17,20). The number of amides is 2. The summed E-state index contributed by atoms with van der Waals surface area (Å²) < 4.78 is 26.3. The van der Waals surface area contributed by atoms with Gasteiger partial charge in [-0.15, -0.1) is 0 Å². The number of hydrogen-bond donors (Lipinski definition) is 1. The zero-order valence-corrected chi connectivity index (χ0v) is 11.0. The number of nitrogens with zero attached hydrogens (tertiary/aromatic N) is 1. The van der Waals surface area contributed by atoms with Crippen LogP contribution in [0.4, 0.5) is 8.78 Å². The number of carbonyl (C=O) groups is 2. The fourth-order valence-corrected chi connectivity index (χ4v) is 2.17. The van der Waals surface area contributed by atoms with Crippen molar-refractivity contribution in [3.63, 3.8) is 0 Å². The van der Waals surface area contributed by atoms with Gasteiger partial charge in [-0.2, -0.15) is 0 Å². The van der Waals surface area contributed by atoms with Crippen molar-refractivity contribution in [1.29, 1.82) is 0 Å². The van der Waals surface area contributed by atoms with Crippen LogP contribution in [0.3, 0.4) is 0 Å². The van der Waals surface area contributed by atoms with E-state index in [1.165, 1.54) is 0 Å². The van der Waals surface area contributed by atoms with Gasteiger partial charge < -0.3 is 10.2 Å². The molecule has 1 heterocycles. The van der Waals surface area contributed by atoms with Crippen LogP contribution in [-0.2, 0) is 4.79 Å². The smallest absolute Gasteiger partial charge is 0.254 e. The zero-order chi connectivity index (χ0) is 14.5. The number of benzene rings is 1. The Kier molecular flexibility index (Phi) is 4.65. The number of rotatable bonds is 4. The third-order valence-electron chi connectivity index (χ3n) is 3.26. The second kappa shape index (κ2) is 6.45. The molecule has 1 aliphatic rings. The highest BCUT2D eigenvalue weighted by Crippen LogP contribution is 2.10. The van der Waals surface area contributed by atoms with Crippen LogP contribution >= 0.6 is 0 Å². The van der Waals surface area contributed by atoms with Crippen LogP contribution in [0, 0.1) is 11.6 Å². The lowest BCUT2D eigenvalue weighted by atomic mass is 10.2. The van der Waals surface area contributed by atoms with Gasteiger partial charge in [-0.3, -0.25) is 9.59 Å². The molecule has 6 heteroatoms. The molecule has 0 spiro atoms. The maximum Gasteiger partial charge on any atom is 0.254 e. The molecule has 0 radical (unpaired) electrons. The first kappa shape index (κ1) is 14.4. The van der Waals surface area contributed by atoms with Crippen molar-refractivity contribution in [1.82, 2.24) is 10.2 Å². The molecule has 1 saturated heterocycles. The number of nitrogens with one attached hydrogen (secondary N) is 1. The minimum atomic E-state index is -0.783. The largest absolute Gasteiger partial charge is 0.351 e. The molecular weight excluding hydrogens is 266 g/mol. The van der Waals surface area contributed by atoms with Crippen LogP contribution in [0.1, 0.15) is 29.6 Å². The van der Waals surface area contributed by atoms with Crippen LogP contribution in [0.25, 0.3) is 0 Å². The highest BCUT2D eigenvalue weighted by Gasteiger charge is 2.18. The topological polar surface area (TPSA) is 49.4 Å². The minimum Gasteiger partial charge on any atom is -0.351 e. The Hall–Kier alpha value is -1.98. The maximum absolute atomic E-state index is 13.3. The molecule has 108 valence electrons. The molecule has 2 rings (SSSR count). The van der Waals surface area contributed by atoms with E-state index in [4.69, 9.17) is 0 Å². The molecule has 1 aromatic rings. The Labute approximate surface area is 115 Å². The van der Waals surface area contributed by atoms with E-state index in [0.717, 1.165) is 44.1 Å². The Balaban J connectivity index is 1.83. The molecule has 1 aliphatic heterocycles. The molecule has 0 atom stereocenters. The van der Waals surface area contributed by atoms with Gasteiger partial charge in [0.05, 0.1) is 5.56 Å². The Morgan fingerprint density at radius 2 is 1.90 bits per heavy atom. The molecule has 2 amide bonds. The maximum atomic E-state index is 13.3. The van der Waals surface area contributed by atoms with Gasteiger partial charge in [-0.1, -0.05) is 0 Å². The number of hydrogen-bond acceptors (Lipinski definition) is 2. The lowest BCUT2D eigenvalue weighted by Crippen LogP contribution is -2.33. The molecule has 0 aliphatic carbocycles. The quantitative estimate of drug-likeness (QED) is 0.914. The highest BCUT2D eigenvalue weighted by molar-refractivity contribution is 5.94. The van der Waals surface area contributed by atoms with Gasteiger partial charge in [0.15, 0.2) is 0 Å². The van der Waals surface area contributed by atoms with E-state index in [1.54, 1.807) is 4.90 Å². The van der Waals surface area contributed by atoms with Crippen molar-refractivity contribution in [3.05, 3.63) is 35.4 Å². The minimum absolute atomic E-state index is 0.0254. The summed E-state index contributed by atoms with van der Waals surface area (Å²) in [6, 6.07) is 2.69. The Morgan fingerprint density at radius 1 is 1.20 bits per heavy atom. The third-order valence-corrected chi connectivity index (χ3v) is 3.26. The number of carbonyl (C=O) groups excluding carboxylic acids is 2. The van der Waals surface area contributed by atoms with Gasteiger partial charge in [-0.05, 0) is 31.0 Å². The first-order valence-electron chi connectivity index (χ1n) is 6.59. The summed E-state index contributed by atoms with van der Waals surface area (Å²) >= 11 is 0. The normalized spacial score (nSPS) is 14.4. The van der Waals surface area contributed by atoms with Crippen LogP contribution in [0.5, 0.6) is 0 Å². The predicted molar refractivity (Wildman–Crippen MR) is 69.1 cm³/mol. The van der Waals surface area contributed by atoms with Gasteiger partial charge in [0.25, 0.3) is 5.91 Å². The lowest BCUT2D eigenvalue weighted by molar-refractivity contribution is -0.129. The fraction of sp³-hybridized carbons (Fsp3) is 0.429. The zero-order valence-electron chi connectivity index (χ0n) is 11.0. The van der Waals surface area contributed by atoms with Gasteiger partial charge in [0, 0.05) is 26.1 Å². The fourth-order valence-electron chi connectivity index (χ4n) is 2.17. The Morgan fingerprint density at radius 3 is 2.60 bits per heavy atom. The van der Waals surface area contributed by atoms with Gasteiger partial charge >= 0.3 is 0 Å². The molecule has 1 aromatic carbocycles. The Bertz CT molecular complexity index is 514. The van der Waals surface area contributed by atoms with E-state index in [2.05, 4.69) is 5.32 Å². The summed E-state index contributed by atoms with van der Waals surface area (Å²) in [5.74, 6) is -2.20. The van der Waals surface area contributed by atoms with Crippen molar-refractivity contribution in [2.75, 3.05) is 19.6 Å². The summed E-state index contributed by atoms with van der Waals surface area (Å²) in [6.07, 6.45) is 2.18. The number of likely N-dealkylation sites (tertiary alicyclic amines) is 1. The van der Waals surface area contributed by atoms with Crippen molar-refractivity contribution >= 4 is 11.8 Å². The van der Waals surface area contributed by atoms with Crippen LogP contribution in [0.2, 0.25) is 0 Å². The SMILES string of the molecule is O=C(NCCC(=O)N1CCCC1)c1cc(F)ccc1F. The van der Waals surface area contributed by atoms with Crippen LogP contribution in [-0.4, -0.2) is 36.3 Å². The van der Waals surface area contributed by atoms with Crippen molar-refractivity contribution in [2.45, 2.75) is 19.3 Å². The van der Waals surface area contributed by atoms with Gasteiger partial charge in [0.2, 0.25) is 5.91 Å². The molecule has 1 N–H and O–H groups in total. The highest BCUT2D eigenvalue weighted by atomic mass is 19.1. The van der Waals surface area contributed by atoms with E-state index >= 15 is 0 Å². The van der Waals surface area contributed by atoms with E-state index in [-0.39, 0.29) is 24.4 Å². The van der Waals surface area contributed by atoms with Crippen molar-refractivity contribution in [2.24, 2.45) is 0 Å². The van der Waals surface area contributed by atoms with E-state index in [1.807, 2.05) is 0 Å². The first-order valence-corrected chi connectivity index (χ1v) is 6.59. The summed E-state index contributed by atoms with van der Waals surface area (Å²) in [4.78, 5) is 25.1. The van der Waals surface area contributed by atoms with Crippen LogP contribution in [0.15, 0.2) is 18.2 Å². The molecule has 0 unspecified atom stereocenters. The summed E-state index contributed by atoms with van der Waals surface area (Å²) in [6.45, 7) is 1.63. The second-order valence-electron chi connectivity index (χ2n) is 4.72. The van der Waals surface area contributed by atoms with Crippen molar-refractivity contribution in [3.8, 4) is 0 Å². The second-order valence-corrected chi connectivity index (χ2v) is 4.72. The molecule has 0 saturated carbocycles. The molecule has 1 fully saturated rings. The number of halogens is 2. The van der Waals surface area contributed by atoms with E-state index in [0.29, 0.717) is 0 Å². The van der Waals surface area contributed by atoms with Crippen molar-refractivity contribution < 1.29 is 18.4 Å². The average Bonchev–Trinajstić information content (AvgIpc) is 2.95.